The van der Waals surface area contributed by atoms with Gasteiger partial charge < -0.3 is 15.5 Å². The van der Waals surface area contributed by atoms with Gasteiger partial charge in [0.1, 0.15) is 0 Å². The molecule has 0 radical (unpaired) electrons. The summed E-state index contributed by atoms with van der Waals surface area (Å²) in [6.07, 6.45) is 0. The van der Waals surface area contributed by atoms with Crippen molar-refractivity contribution < 1.29 is 4.79 Å². The monoisotopic (exact) mass is 269 g/mol. The van der Waals surface area contributed by atoms with E-state index in [0.717, 1.165) is 65.4 Å². The minimum Gasteiger partial charge on any atom is -0.339 e. The van der Waals surface area contributed by atoms with Crippen molar-refractivity contribution in [3.63, 3.8) is 0 Å². The average Bonchev–Trinajstić information content (AvgIpc) is 2.47. The smallest absolute Gasteiger partial charge is 0.236 e. The molecule has 0 aromatic rings. The van der Waals surface area contributed by atoms with E-state index in [1.165, 1.54) is 0 Å². The van der Waals surface area contributed by atoms with Crippen molar-refractivity contribution in [3.05, 3.63) is 0 Å². The molecule has 19 heavy (non-hydrogen) atoms. The molecule has 0 atom stereocenters. The molecule has 0 aromatic heterocycles. The van der Waals surface area contributed by atoms with Crippen molar-refractivity contribution in [3.8, 4) is 0 Å². The fourth-order valence-corrected chi connectivity index (χ4v) is 2.65. The Morgan fingerprint density at radius 1 is 1.05 bits per heavy atom. The molecule has 0 unspecified atom stereocenters. The summed E-state index contributed by atoms with van der Waals surface area (Å²) in [7, 11) is 1.99. The molecule has 6 nitrogen and oxygen atoms in total. The lowest BCUT2D eigenvalue weighted by Gasteiger charge is -2.36. The molecule has 2 fully saturated rings. The van der Waals surface area contributed by atoms with Crippen LogP contribution in [0.5, 0.6) is 0 Å². The predicted octanol–water partition coefficient (Wildman–Crippen LogP) is -1.74. The summed E-state index contributed by atoms with van der Waals surface area (Å²) in [5.74, 6) is 0.296. The van der Waals surface area contributed by atoms with Crippen molar-refractivity contribution in [1.82, 2.24) is 25.3 Å². The Labute approximate surface area is 116 Å². The molecule has 2 rings (SSSR count). The zero-order valence-corrected chi connectivity index (χ0v) is 12.0. The van der Waals surface area contributed by atoms with Gasteiger partial charge in [0.15, 0.2) is 0 Å². The molecule has 1 amide bonds. The summed E-state index contributed by atoms with van der Waals surface area (Å²) in [6, 6.07) is 0. The molecular weight excluding hydrogens is 242 g/mol. The van der Waals surface area contributed by atoms with Gasteiger partial charge in [0.2, 0.25) is 5.91 Å². The van der Waals surface area contributed by atoms with Gasteiger partial charge in [-0.2, -0.15) is 0 Å². The second kappa shape index (κ2) is 7.79. The van der Waals surface area contributed by atoms with Crippen LogP contribution in [0.25, 0.3) is 0 Å². The maximum atomic E-state index is 12.2. The quantitative estimate of drug-likeness (QED) is 0.620. The largest absolute Gasteiger partial charge is 0.339 e. The van der Waals surface area contributed by atoms with Crippen molar-refractivity contribution in [2.75, 3.05) is 79.0 Å². The van der Waals surface area contributed by atoms with E-state index >= 15 is 0 Å². The number of likely N-dealkylation sites (N-methyl/N-ethyl adjacent to an activating group) is 1. The van der Waals surface area contributed by atoms with E-state index in [1.54, 1.807) is 0 Å². The van der Waals surface area contributed by atoms with E-state index in [9.17, 15) is 4.79 Å². The Balaban J connectivity index is 1.65. The molecular formula is C13H27N5O. The van der Waals surface area contributed by atoms with Gasteiger partial charge >= 0.3 is 0 Å². The number of amides is 1. The zero-order valence-electron chi connectivity index (χ0n) is 12.0. The molecule has 2 N–H and O–H groups in total. The SMILES string of the molecule is CNCCN1CCN(CC(=O)N2CCNCC2)CC1. The number of nitrogens with zero attached hydrogens (tertiary/aromatic N) is 3. The number of rotatable bonds is 5. The van der Waals surface area contributed by atoms with Crippen molar-refractivity contribution in [2.24, 2.45) is 0 Å². The zero-order chi connectivity index (χ0) is 13.5. The third-order valence-corrected chi connectivity index (χ3v) is 3.97. The lowest BCUT2D eigenvalue weighted by molar-refractivity contribution is -0.133. The highest BCUT2D eigenvalue weighted by molar-refractivity contribution is 5.78. The van der Waals surface area contributed by atoms with Crippen LogP contribution in [0.15, 0.2) is 0 Å². The summed E-state index contributed by atoms with van der Waals surface area (Å²) in [5.41, 5.74) is 0. The normalized spacial score (nSPS) is 22.7. The second-order valence-electron chi connectivity index (χ2n) is 5.35. The van der Waals surface area contributed by atoms with Gasteiger partial charge in [-0.3, -0.25) is 14.6 Å². The minimum absolute atomic E-state index is 0.296. The number of piperazine rings is 2. The highest BCUT2D eigenvalue weighted by atomic mass is 16.2. The van der Waals surface area contributed by atoms with Crippen LogP contribution in [-0.4, -0.2) is 99.6 Å². The lowest BCUT2D eigenvalue weighted by atomic mass is 10.3. The summed E-state index contributed by atoms with van der Waals surface area (Å²) < 4.78 is 0. The van der Waals surface area contributed by atoms with E-state index in [4.69, 9.17) is 0 Å². The van der Waals surface area contributed by atoms with E-state index in [1.807, 2.05) is 11.9 Å². The fourth-order valence-electron chi connectivity index (χ4n) is 2.65. The number of hydrogen-bond acceptors (Lipinski definition) is 5. The molecule has 2 aliphatic heterocycles. The Bertz CT molecular complexity index is 272. The third kappa shape index (κ3) is 4.72. The summed E-state index contributed by atoms with van der Waals surface area (Å²) in [6.45, 7) is 10.5. The Hall–Kier alpha value is -0.690. The van der Waals surface area contributed by atoms with Crippen molar-refractivity contribution in [2.45, 2.75) is 0 Å². The highest BCUT2D eigenvalue weighted by Crippen LogP contribution is 2.03. The first kappa shape index (κ1) is 14.7. The van der Waals surface area contributed by atoms with Crippen molar-refractivity contribution in [1.29, 1.82) is 0 Å². The van der Waals surface area contributed by atoms with Crippen LogP contribution in [0.4, 0.5) is 0 Å². The van der Waals surface area contributed by atoms with Crippen molar-refractivity contribution >= 4 is 5.91 Å². The average molecular weight is 269 g/mol. The van der Waals surface area contributed by atoms with Crippen LogP contribution in [-0.2, 0) is 4.79 Å². The van der Waals surface area contributed by atoms with Gasteiger partial charge in [0.25, 0.3) is 0 Å². The standard InChI is InChI=1S/C13H27N5O/c1-14-2-5-16-8-10-17(11-9-16)12-13(19)18-6-3-15-4-7-18/h14-15H,2-12H2,1H3. The summed E-state index contributed by atoms with van der Waals surface area (Å²) in [4.78, 5) is 18.9. The second-order valence-corrected chi connectivity index (χ2v) is 5.35. The maximum absolute atomic E-state index is 12.2. The fraction of sp³-hybridized carbons (Fsp3) is 0.923. The van der Waals surface area contributed by atoms with Crippen LogP contribution in [0, 0.1) is 0 Å². The van der Waals surface area contributed by atoms with E-state index in [-0.39, 0.29) is 0 Å². The molecule has 0 bridgehead atoms. The predicted molar refractivity (Wildman–Crippen MR) is 76.3 cm³/mol. The van der Waals surface area contributed by atoms with Gasteiger partial charge in [-0.15, -0.1) is 0 Å². The topological polar surface area (TPSA) is 50.9 Å². The molecule has 0 spiro atoms. The number of carbonyl (C=O) groups excluding carboxylic acids is 1. The van der Waals surface area contributed by atoms with E-state index in [2.05, 4.69) is 20.4 Å². The summed E-state index contributed by atoms with van der Waals surface area (Å²) in [5, 5.41) is 6.46. The first-order valence-corrected chi connectivity index (χ1v) is 7.37. The van der Waals surface area contributed by atoms with Crippen LogP contribution >= 0.6 is 0 Å². The van der Waals surface area contributed by atoms with E-state index < -0.39 is 0 Å². The van der Waals surface area contributed by atoms with Gasteiger partial charge in [0.05, 0.1) is 6.54 Å². The number of nitrogens with one attached hydrogen (secondary N) is 2. The molecule has 2 heterocycles. The maximum Gasteiger partial charge on any atom is 0.236 e. The first-order chi connectivity index (χ1) is 9.29. The van der Waals surface area contributed by atoms with Gasteiger partial charge in [-0.25, -0.2) is 0 Å². The Morgan fingerprint density at radius 3 is 2.32 bits per heavy atom. The lowest BCUT2D eigenvalue weighted by Crippen LogP contribution is -2.53. The molecule has 2 aliphatic rings. The number of hydrogen-bond donors (Lipinski definition) is 2. The third-order valence-electron chi connectivity index (χ3n) is 3.97. The molecule has 0 aliphatic carbocycles. The molecule has 110 valence electrons. The number of carbonyl (C=O) groups is 1. The Kier molecular flexibility index (Phi) is 6.03. The molecule has 2 saturated heterocycles. The van der Waals surface area contributed by atoms with Crippen LogP contribution < -0.4 is 10.6 Å². The summed E-state index contributed by atoms with van der Waals surface area (Å²) >= 11 is 0. The first-order valence-electron chi connectivity index (χ1n) is 7.37. The van der Waals surface area contributed by atoms with E-state index in [0.29, 0.717) is 12.5 Å². The van der Waals surface area contributed by atoms with Crippen LogP contribution in [0.3, 0.4) is 0 Å². The Morgan fingerprint density at radius 2 is 1.68 bits per heavy atom. The van der Waals surface area contributed by atoms with Gasteiger partial charge in [-0.05, 0) is 7.05 Å². The van der Waals surface area contributed by atoms with Gasteiger partial charge in [-0.1, -0.05) is 0 Å². The van der Waals surface area contributed by atoms with Crippen LogP contribution in [0.1, 0.15) is 0 Å². The minimum atomic E-state index is 0.296. The molecule has 0 aromatic carbocycles. The molecule has 6 heteroatoms. The molecule has 0 saturated carbocycles. The van der Waals surface area contributed by atoms with Crippen LogP contribution in [0.2, 0.25) is 0 Å². The highest BCUT2D eigenvalue weighted by Gasteiger charge is 2.22. The van der Waals surface area contributed by atoms with Gasteiger partial charge in [0, 0.05) is 65.4 Å².